The van der Waals surface area contributed by atoms with Gasteiger partial charge in [-0.05, 0) is 5.92 Å². The Hall–Kier alpha value is -1.46. The number of azo groups is 1. The molecule has 1 aliphatic rings. The van der Waals surface area contributed by atoms with E-state index in [1.165, 1.54) is 14.0 Å². The predicted molar refractivity (Wildman–Crippen MR) is 59.5 cm³/mol. The van der Waals surface area contributed by atoms with E-state index in [1.54, 1.807) is 0 Å². The predicted octanol–water partition coefficient (Wildman–Crippen LogP) is 1.34. The van der Waals surface area contributed by atoms with Gasteiger partial charge in [0.15, 0.2) is 0 Å². The molecule has 0 saturated carbocycles. The fourth-order valence-corrected chi connectivity index (χ4v) is 2.05. The zero-order valence-electron chi connectivity index (χ0n) is 10.6. The Kier molecular flexibility index (Phi) is 4.20. The zero-order valence-corrected chi connectivity index (χ0v) is 10.6. The first-order valence-corrected chi connectivity index (χ1v) is 5.58. The van der Waals surface area contributed by atoms with Crippen LogP contribution in [0, 0.1) is 5.92 Å². The second-order valence-corrected chi connectivity index (χ2v) is 4.40. The van der Waals surface area contributed by atoms with Crippen molar-refractivity contribution in [2.75, 3.05) is 13.7 Å². The lowest BCUT2D eigenvalue weighted by Crippen LogP contribution is -2.51. The first-order chi connectivity index (χ1) is 7.94. The highest BCUT2D eigenvalue weighted by molar-refractivity contribution is 5.83. The van der Waals surface area contributed by atoms with Crippen LogP contribution in [0.4, 0.5) is 0 Å². The van der Waals surface area contributed by atoms with E-state index in [0.717, 1.165) is 0 Å². The Morgan fingerprint density at radius 2 is 2.00 bits per heavy atom. The van der Waals surface area contributed by atoms with Crippen LogP contribution in [0.2, 0.25) is 0 Å². The maximum atomic E-state index is 11.9. The van der Waals surface area contributed by atoms with Crippen molar-refractivity contribution in [3.05, 3.63) is 0 Å². The molecule has 0 spiro atoms. The largest absolute Gasteiger partial charge is 0.467 e. The van der Waals surface area contributed by atoms with Gasteiger partial charge in [0.25, 0.3) is 0 Å². The third-order valence-electron chi connectivity index (χ3n) is 2.75. The Morgan fingerprint density at radius 3 is 2.35 bits per heavy atom. The van der Waals surface area contributed by atoms with Crippen LogP contribution in [0.15, 0.2) is 10.2 Å². The van der Waals surface area contributed by atoms with Gasteiger partial charge in [0.1, 0.15) is 6.10 Å². The molecule has 0 aromatic carbocycles. The first-order valence-electron chi connectivity index (χ1n) is 5.58. The number of ether oxygens (including phenoxy) is 2. The normalized spacial score (nSPS) is 24.8. The Bertz CT molecular complexity index is 340. The molecule has 96 valence electrons. The van der Waals surface area contributed by atoms with Gasteiger partial charge in [-0.2, -0.15) is 10.2 Å². The van der Waals surface area contributed by atoms with Crippen LogP contribution in [0.1, 0.15) is 27.2 Å². The van der Waals surface area contributed by atoms with Crippen molar-refractivity contribution >= 4 is 11.9 Å². The van der Waals surface area contributed by atoms with Crippen LogP contribution in [0.3, 0.4) is 0 Å². The summed E-state index contributed by atoms with van der Waals surface area (Å²) >= 11 is 0. The summed E-state index contributed by atoms with van der Waals surface area (Å²) < 4.78 is 9.99. The Morgan fingerprint density at radius 1 is 1.35 bits per heavy atom. The van der Waals surface area contributed by atoms with Crippen molar-refractivity contribution in [3.63, 3.8) is 0 Å². The fraction of sp³-hybridized carbons (Fsp3) is 0.818. The van der Waals surface area contributed by atoms with Gasteiger partial charge in [-0.25, -0.2) is 4.79 Å². The molecule has 6 heteroatoms. The van der Waals surface area contributed by atoms with Gasteiger partial charge in [-0.1, -0.05) is 13.8 Å². The smallest absolute Gasteiger partial charge is 0.339 e. The van der Waals surface area contributed by atoms with Gasteiger partial charge >= 0.3 is 11.9 Å². The number of methoxy groups -OCH3 is 1. The van der Waals surface area contributed by atoms with E-state index in [0.29, 0.717) is 13.0 Å². The molecule has 6 nitrogen and oxygen atoms in total. The zero-order chi connectivity index (χ0) is 13.1. The summed E-state index contributed by atoms with van der Waals surface area (Å²) in [5.41, 5.74) is -1.17. The van der Waals surface area contributed by atoms with Gasteiger partial charge < -0.3 is 9.47 Å². The van der Waals surface area contributed by atoms with Crippen LogP contribution < -0.4 is 0 Å². The van der Waals surface area contributed by atoms with E-state index in [4.69, 9.17) is 9.47 Å². The first kappa shape index (κ1) is 13.6. The van der Waals surface area contributed by atoms with Gasteiger partial charge in [0.2, 0.25) is 5.54 Å². The SMILES string of the molecule is COC(=O)C1(C(OC(C)=O)C(C)C)CCN=N1. The molecule has 0 aliphatic carbocycles. The van der Waals surface area contributed by atoms with Crippen LogP contribution in [0.25, 0.3) is 0 Å². The van der Waals surface area contributed by atoms with Crippen LogP contribution >= 0.6 is 0 Å². The second-order valence-electron chi connectivity index (χ2n) is 4.40. The van der Waals surface area contributed by atoms with Crippen molar-refractivity contribution in [2.24, 2.45) is 16.1 Å². The number of carbonyl (C=O) groups excluding carboxylic acids is 2. The van der Waals surface area contributed by atoms with Crippen LogP contribution in [0.5, 0.6) is 0 Å². The molecular formula is C11H18N2O4. The van der Waals surface area contributed by atoms with Gasteiger partial charge in [0.05, 0.1) is 13.7 Å². The van der Waals surface area contributed by atoms with Crippen molar-refractivity contribution in [1.29, 1.82) is 0 Å². The molecule has 0 saturated heterocycles. The van der Waals surface area contributed by atoms with E-state index >= 15 is 0 Å². The Balaban J connectivity index is 3.05. The molecular weight excluding hydrogens is 224 g/mol. The van der Waals surface area contributed by atoms with Crippen molar-refractivity contribution < 1.29 is 19.1 Å². The minimum absolute atomic E-state index is 0.0463. The lowest BCUT2D eigenvalue weighted by molar-refractivity contribution is -0.164. The van der Waals surface area contributed by atoms with E-state index in [1.807, 2.05) is 13.8 Å². The highest BCUT2D eigenvalue weighted by Crippen LogP contribution is 2.34. The summed E-state index contributed by atoms with van der Waals surface area (Å²) in [5.74, 6) is -0.983. The van der Waals surface area contributed by atoms with Crippen molar-refractivity contribution in [3.8, 4) is 0 Å². The van der Waals surface area contributed by atoms with Crippen molar-refractivity contribution in [2.45, 2.75) is 38.8 Å². The maximum absolute atomic E-state index is 11.9. The average Bonchev–Trinajstić information content (AvgIpc) is 2.74. The number of rotatable bonds is 4. The van der Waals surface area contributed by atoms with Crippen LogP contribution in [-0.2, 0) is 19.1 Å². The fourth-order valence-electron chi connectivity index (χ4n) is 2.05. The Labute approximate surface area is 100 Å². The van der Waals surface area contributed by atoms with Crippen LogP contribution in [-0.4, -0.2) is 37.2 Å². The highest BCUT2D eigenvalue weighted by atomic mass is 16.6. The van der Waals surface area contributed by atoms with E-state index in [9.17, 15) is 9.59 Å². The lowest BCUT2D eigenvalue weighted by atomic mass is 9.84. The summed E-state index contributed by atoms with van der Waals surface area (Å²) in [5, 5.41) is 7.84. The summed E-state index contributed by atoms with van der Waals surface area (Å²) in [7, 11) is 1.29. The number of esters is 2. The maximum Gasteiger partial charge on any atom is 0.339 e. The minimum Gasteiger partial charge on any atom is -0.467 e. The molecule has 2 atom stereocenters. The summed E-state index contributed by atoms with van der Waals surface area (Å²) in [6.07, 6.45) is -0.228. The van der Waals surface area contributed by atoms with Crippen molar-refractivity contribution in [1.82, 2.24) is 0 Å². The highest BCUT2D eigenvalue weighted by Gasteiger charge is 2.52. The summed E-state index contributed by atoms with van der Waals surface area (Å²) in [4.78, 5) is 23.0. The molecule has 0 aromatic heterocycles. The molecule has 0 aromatic rings. The molecule has 0 amide bonds. The van der Waals surface area contributed by atoms with E-state index in [-0.39, 0.29) is 5.92 Å². The molecule has 1 heterocycles. The molecule has 0 N–H and O–H groups in total. The topological polar surface area (TPSA) is 77.3 Å². The molecule has 0 radical (unpaired) electrons. The number of hydrogen-bond acceptors (Lipinski definition) is 6. The third kappa shape index (κ3) is 2.62. The standard InChI is InChI=1S/C11H18N2O4/c1-7(2)9(17-8(3)14)11(10(15)16-4)5-6-12-13-11/h7,9H,5-6H2,1-4H3. The van der Waals surface area contributed by atoms with Gasteiger partial charge in [0, 0.05) is 13.3 Å². The number of hydrogen-bond donors (Lipinski definition) is 0. The monoisotopic (exact) mass is 242 g/mol. The summed E-state index contributed by atoms with van der Waals surface area (Å²) in [6, 6.07) is 0. The van der Waals surface area contributed by atoms with Gasteiger partial charge in [-0.3, -0.25) is 4.79 Å². The quantitative estimate of drug-likeness (QED) is 0.697. The molecule has 2 unspecified atom stereocenters. The van der Waals surface area contributed by atoms with E-state index < -0.39 is 23.6 Å². The average molecular weight is 242 g/mol. The third-order valence-corrected chi connectivity index (χ3v) is 2.75. The van der Waals surface area contributed by atoms with E-state index in [2.05, 4.69) is 10.2 Å². The molecule has 0 bridgehead atoms. The summed E-state index contributed by atoms with van der Waals surface area (Å²) in [6.45, 7) is 5.49. The van der Waals surface area contributed by atoms with Gasteiger partial charge in [-0.15, -0.1) is 0 Å². The molecule has 17 heavy (non-hydrogen) atoms. The minimum atomic E-state index is -1.17. The number of nitrogens with zero attached hydrogens (tertiary/aromatic N) is 2. The molecule has 0 fully saturated rings. The molecule has 1 rings (SSSR count). The number of carbonyl (C=O) groups is 2. The lowest BCUT2D eigenvalue weighted by Gasteiger charge is -2.32. The molecule has 1 aliphatic heterocycles. The second kappa shape index (κ2) is 5.25.